The van der Waals surface area contributed by atoms with E-state index in [0.717, 1.165) is 43.4 Å². The molecular formula is C14H17ClN2O2S. The lowest BCUT2D eigenvalue weighted by atomic mass is 9.88. The Morgan fingerprint density at radius 3 is 2.50 bits per heavy atom. The summed E-state index contributed by atoms with van der Waals surface area (Å²) in [5, 5.41) is 2.50. The molecule has 1 aromatic rings. The van der Waals surface area contributed by atoms with Crippen LogP contribution in [0.1, 0.15) is 43.4 Å². The van der Waals surface area contributed by atoms with E-state index in [-0.39, 0.29) is 11.9 Å². The van der Waals surface area contributed by atoms with Crippen molar-refractivity contribution in [1.29, 1.82) is 0 Å². The molecule has 20 heavy (non-hydrogen) atoms. The predicted octanol–water partition coefficient (Wildman–Crippen LogP) is 3.55. The van der Waals surface area contributed by atoms with Crippen LogP contribution in [0.15, 0.2) is 12.1 Å². The number of hydrogen-bond donors (Lipinski definition) is 1. The lowest BCUT2D eigenvalue weighted by molar-refractivity contribution is -0.127. The second-order valence-electron chi connectivity index (χ2n) is 5.50. The van der Waals surface area contributed by atoms with Gasteiger partial charge >= 0.3 is 6.03 Å². The smallest absolute Gasteiger partial charge is 0.305 e. The maximum atomic E-state index is 12.3. The fraction of sp³-hybridized carbons (Fsp3) is 0.571. The largest absolute Gasteiger partial charge is 0.325 e. The molecular weight excluding hydrogens is 296 g/mol. The van der Waals surface area contributed by atoms with Crippen LogP contribution in [-0.4, -0.2) is 22.4 Å². The Balaban J connectivity index is 1.88. The molecule has 1 spiro atoms. The number of nitrogens with one attached hydrogen (secondary N) is 1. The molecule has 1 saturated heterocycles. The van der Waals surface area contributed by atoms with E-state index < -0.39 is 5.54 Å². The van der Waals surface area contributed by atoms with Gasteiger partial charge in [-0.25, -0.2) is 4.79 Å². The molecule has 0 atom stereocenters. The van der Waals surface area contributed by atoms with Crippen molar-refractivity contribution in [3.8, 4) is 0 Å². The average Bonchev–Trinajstić information content (AvgIpc) is 2.80. The molecule has 1 aliphatic heterocycles. The highest BCUT2D eigenvalue weighted by Crippen LogP contribution is 2.38. The number of nitrogens with zero attached hydrogens (tertiary/aromatic N) is 1. The number of urea groups is 1. The van der Waals surface area contributed by atoms with Crippen molar-refractivity contribution in [2.45, 2.75) is 50.6 Å². The third-order valence-corrected chi connectivity index (χ3v) is 5.49. The van der Waals surface area contributed by atoms with Gasteiger partial charge in [-0.2, -0.15) is 0 Å². The van der Waals surface area contributed by atoms with E-state index in [0.29, 0.717) is 10.9 Å². The topological polar surface area (TPSA) is 49.4 Å². The first kappa shape index (κ1) is 13.9. The lowest BCUT2D eigenvalue weighted by Crippen LogP contribution is -2.48. The van der Waals surface area contributed by atoms with Crippen LogP contribution < -0.4 is 5.32 Å². The van der Waals surface area contributed by atoms with Crippen LogP contribution in [-0.2, 0) is 11.3 Å². The third kappa shape index (κ3) is 2.33. The monoisotopic (exact) mass is 312 g/mol. The van der Waals surface area contributed by atoms with Gasteiger partial charge in [-0.05, 0) is 25.0 Å². The minimum atomic E-state index is -0.635. The summed E-state index contributed by atoms with van der Waals surface area (Å²) in [6.07, 6.45) is 5.82. The van der Waals surface area contributed by atoms with Crippen LogP contribution in [0.25, 0.3) is 0 Å². The molecule has 2 heterocycles. The van der Waals surface area contributed by atoms with Gasteiger partial charge in [0.05, 0.1) is 10.9 Å². The van der Waals surface area contributed by atoms with Crippen molar-refractivity contribution in [3.05, 3.63) is 21.3 Å². The second-order valence-corrected chi connectivity index (χ2v) is 7.30. The Hall–Kier alpha value is -1.07. The molecule has 2 fully saturated rings. The minimum Gasteiger partial charge on any atom is -0.305 e. The van der Waals surface area contributed by atoms with Gasteiger partial charge in [0.1, 0.15) is 5.54 Å². The van der Waals surface area contributed by atoms with E-state index in [1.165, 1.54) is 11.3 Å². The zero-order chi connectivity index (χ0) is 14.2. The van der Waals surface area contributed by atoms with Crippen LogP contribution in [0.3, 0.4) is 0 Å². The first-order valence-corrected chi connectivity index (χ1v) is 8.18. The fourth-order valence-corrected chi connectivity index (χ4v) is 4.30. The van der Waals surface area contributed by atoms with Crippen LogP contribution in [0.2, 0.25) is 4.34 Å². The highest BCUT2D eigenvalue weighted by atomic mass is 35.5. The van der Waals surface area contributed by atoms with Crippen LogP contribution in [0, 0.1) is 0 Å². The zero-order valence-electron chi connectivity index (χ0n) is 11.2. The Labute approximate surface area is 127 Å². The number of rotatable bonds is 2. The molecule has 1 aliphatic carbocycles. The molecule has 6 heteroatoms. The molecule has 0 radical (unpaired) electrons. The summed E-state index contributed by atoms with van der Waals surface area (Å²) in [4.78, 5) is 27.2. The van der Waals surface area contributed by atoms with Gasteiger partial charge < -0.3 is 4.90 Å². The van der Waals surface area contributed by atoms with Gasteiger partial charge in [0.15, 0.2) is 0 Å². The van der Waals surface area contributed by atoms with Crippen LogP contribution in [0.4, 0.5) is 4.79 Å². The van der Waals surface area contributed by atoms with E-state index in [4.69, 9.17) is 11.6 Å². The van der Waals surface area contributed by atoms with E-state index in [1.807, 2.05) is 12.1 Å². The van der Waals surface area contributed by atoms with Gasteiger partial charge in [-0.15, -0.1) is 11.3 Å². The zero-order valence-corrected chi connectivity index (χ0v) is 12.7. The van der Waals surface area contributed by atoms with Crippen molar-refractivity contribution in [2.24, 2.45) is 0 Å². The van der Waals surface area contributed by atoms with Gasteiger partial charge in [0.25, 0.3) is 5.91 Å². The number of carbonyl (C=O) groups excluding carboxylic acids is 2. The summed E-state index contributed by atoms with van der Waals surface area (Å²) >= 11 is 7.41. The van der Waals surface area contributed by atoms with Gasteiger partial charge in [0.2, 0.25) is 0 Å². The number of carbonyl (C=O) groups is 2. The van der Waals surface area contributed by atoms with Crippen LogP contribution in [0.5, 0.6) is 0 Å². The van der Waals surface area contributed by atoms with E-state index >= 15 is 0 Å². The van der Waals surface area contributed by atoms with Crippen LogP contribution >= 0.6 is 22.9 Å². The Morgan fingerprint density at radius 2 is 1.90 bits per heavy atom. The Kier molecular flexibility index (Phi) is 3.73. The first-order valence-electron chi connectivity index (χ1n) is 6.99. The number of hydrogen-bond acceptors (Lipinski definition) is 3. The summed E-state index contributed by atoms with van der Waals surface area (Å²) in [5.74, 6) is -0.118. The summed E-state index contributed by atoms with van der Waals surface area (Å²) < 4.78 is 0.709. The van der Waals surface area contributed by atoms with Gasteiger partial charge in [0, 0.05) is 4.88 Å². The summed E-state index contributed by atoms with van der Waals surface area (Å²) in [6, 6.07) is 3.49. The number of halogens is 1. The molecule has 2 aliphatic rings. The fourth-order valence-electron chi connectivity index (χ4n) is 3.22. The first-order chi connectivity index (χ1) is 9.62. The predicted molar refractivity (Wildman–Crippen MR) is 78.8 cm³/mol. The molecule has 1 aromatic heterocycles. The number of thiophene rings is 1. The molecule has 3 rings (SSSR count). The van der Waals surface area contributed by atoms with E-state index in [1.54, 1.807) is 4.90 Å². The van der Waals surface area contributed by atoms with E-state index in [2.05, 4.69) is 5.32 Å². The number of imide groups is 1. The Bertz CT molecular complexity index is 535. The number of amides is 3. The maximum Gasteiger partial charge on any atom is 0.325 e. The molecule has 0 unspecified atom stereocenters. The van der Waals surface area contributed by atoms with Crippen molar-refractivity contribution in [3.63, 3.8) is 0 Å². The second kappa shape index (κ2) is 5.37. The minimum absolute atomic E-state index is 0.118. The highest BCUT2D eigenvalue weighted by Gasteiger charge is 2.52. The molecule has 1 N–H and O–H groups in total. The summed E-state index contributed by atoms with van der Waals surface area (Å²) in [7, 11) is 0. The van der Waals surface area contributed by atoms with Crippen molar-refractivity contribution < 1.29 is 9.59 Å². The quantitative estimate of drug-likeness (QED) is 0.849. The van der Waals surface area contributed by atoms with Crippen molar-refractivity contribution in [1.82, 2.24) is 10.2 Å². The Morgan fingerprint density at radius 1 is 1.20 bits per heavy atom. The summed E-state index contributed by atoms with van der Waals surface area (Å²) in [5.41, 5.74) is -0.635. The third-order valence-electron chi connectivity index (χ3n) is 4.28. The van der Waals surface area contributed by atoms with Gasteiger partial charge in [-0.1, -0.05) is 37.3 Å². The van der Waals surface area contributed by atoms with Gasteiger partial charge in [-0.3, -0.25) is 10.1 Å². The van der Waals surface area contributed by atoms with E-state index in [9.17, 15) is 9.59 Å². The molecule has 0 aromatic carbocycles. The lowest BCUT2D eigenvalue weighted by Gasteiger charge is -2.34. The molecule has 1 saturated carbocycles. The average molecular weight is 313 g/mol. The SMILES string of the molecule is O=C1NC(=O)C2(CCCCCC2)N1Cc1ccc(Cl)s1. The highest BCUT2D eigenvalue weighted by molar-refractivity contribution is 7.16. The standard InChI is InChI=1S/C14H17ClN2O2S/c15-11-6-5-10(20-11)9-17-13(19)16-12(18)14(17)7-3-1-2-4-8-14/h5-6H,1-4,7-9H2,(H,16,18,19). The molecule has 108 valence electrons. The molecule has 0 bridgehead atoms. The molecule has 4 nitrogen and oxygen atoms in total. The van der Waals surface area contributed by atoms with Crippen molar-refractivity contribution in [2.75, 3.05) is 0 Å². The normalized spacial score (nSPS) is 22.1. The summed E-state index contributed by atoms with van der Waals surface area (Å²) in [6.45, 7) is 0.467. The maximum absolute atomic E-state index is 12.3. The molecule has 3 amide bonds. The van der Waals surface area contributed by atoms with Crippen molar-refractivity contribution >= 4 is 34.9 Å².